The van der Waals surface area contributed by atoms with E-state index in [1.54, 1.807) is 19.1 Å². The number of hydrogen-bond acceptors (Lipinski definition) is 3. The molecule has 84 valence electrons. The van der Waals surface area contributed by atoms with E-state index in [1.165, 1.54) is 6.07 Å². The summed E-state index contributed by atoms with van der Waals surface area (Å²) in [5, 5.41) is 10.6. The molecule has 0 N–H and O–H groups in total. The molecule has 0 aromatic heterocycles. The van der Waals surface area contributed by atoms with E-state index >= 15 is 0 Å². The third kappa shape index (κ3) is 3.28. The van der Waals surface area contributed by atoms with Gasteiger partial charge in [0.1, 0.15) is 5.75 Å². The van der Waals surface area contributed by atoms with Gasteiger partial charge in [0.05, 0.1) is 11.5 Å². The van der Waals surface area contributed by atoms with Crippen LogP contribution in [-0.4, -0.2) is 11.5 Å². The minimum Gasteiger partial charge on any atom is -0.494 e. The Labute approximate surface area is 94.4 Å². The van der Waals surface area contributed by atoms with Gasteiger partial charge in [0.2, 0.25) is 0 Å². The van der Waals surface area contributed by atoms with Crippen LogP contribution in [0.5, 0.6) is 5.75 Å². The maximum Gasteiger partial charge on any atom is 0.272 e. The Bertz CT molecular complexity index is 421. The van der Waals surface area contributed by atoms with E-state index in [0.29, 0.717) is 24.3 Å². The summed E-state index contributed by atoms with van der Waals surface area (Å²) in [6, 6.07) is 4.71. The van der Waals surface area contributed by atoms with Crippen LogP contribution in [0.3, 0.4) is 0 Å². The molecule has 0 saturated heterocycles. The molecule has 16 heavy (non-hydrogen) atoms. The summed E-state index contributed by atoms with van der Waals surface area (Å²) in [6.07, 6.45) is 6.56. The number of unbranched alkanes of at least 4 members (excludes halogenated alkanes) is 1. The van der Waals surface area contributed by atoms with Crippen LogP contribution in [0.25, 0.3) is 0 Å². The quantitative estimate of drug-likeness (QED) is 0.331. The van der Waals surface area contributed by atoms with Gasteiger partial charge in [0.15, 0.2) is 0 Å². The average Bonchev–Trinajstić information content (AvgIpc) is 2.24. The predicted molar refractivity (Wildman–Crippen MR) is 61.4 cm³/mol. The molecular weight excluding hydrogens is 206 g/mol. The molecule has 0 aliphatic carbocycles. The third-order valence-electron chi connectivity index (χ3n) is 2.10. The number of nitrogens with zero attached hydrogens (tertiary/aromatic N) is 1. The van der Waals surface area contributed by atoms with Crippen molar-refractivity contribution in [3.05, 3.63) is 33.9 Å². The Kier molecular flexibility index (Phi) is 4.34. The van der Waals surface area contributed by atoms with Crippen molar-refractivity contribution in [3.8, 4) is 18.1 Å². The minimum absolute atomic E-state index is 0.107. The molecule has 0 aliphatic rings. The van der Waals surface area contributed by atoms with Gasteiger partial charge in [0.25, 0.3) is 5.69 Å². The zero-order valence-electron chi connectivity index (χ0n) is 9.10. The molecule has 1 aromatic carbocycles. The maximum absolute atomic E-state index is 10.6. The van der Waals surface area contributed by atoms with Crippen LogP contribution in [0.15, 0.2) is 18.2 Å². The molecule has 0 unspecified atom stereocenters. The van der Waals surface area contributed by atoms with Crippen molar-refractivity contribution in [2.45, 2.75) is 19.8 Å². The highest BCUT2D eigenvalue weighted by Gasteiger charge is 2.10. The highest BCUT2D eigenvalue weighted by atomic mass is 16.6. The lowest BCUT2D eigenvalue weighted by atomic mass is 10.2. The number of hydrogen-bond donors (Lipinski definition) is 0. The Morgan fingerprint density at radius 3 is 2.88 bits per heavy atom. The first-order valence-corrected chi connectivity index (χ1v) is 4.96. The monoisotopic (exact) mass is 219 g/mol. The average molecular weight is 219 g/mol. The largest absolute Gasteiger partial charge is 0.494 e. The number of nitro groups is 1. The highest BCUT2D eigenvalue weighted by Crippen LogP contribution is 2.23. The number of nitro benzene ring substituents is 1. The van der Waals surface area contributed by atoms with E-state index in [0.717, 1.165) is 6.42 Å². The van der Waals surface area contributed by atoms with Crippen molar-refractivity contribution in [2.75, 3.05) is 6.61 Å². The van der Waals surface area contributed by atoms with E-state index in [4.69, 9.17) is 11.2 Å². The van der Waals surface area contributed by atoms with E-state index < -0.39 is 4.92 Å². The first-order valence-electron chi connectivity index (χ1n) is 4.96. The molecule has 1 aromatic rings. The van der Waals surface area contributed by atoms with Gasteiger partial charge in [-0.25, -0.2) is 0 Å². The number of aryl methyl sites for hydroxylation is 1. The Morgan fingerprint density at radius 2 is 2.31 bits per heavy atom. The molecule has 0 amide bonds. The van der Waals surface area contributed by atoms with Crippen LogP contribution >= 0.6 is 0 Å². The predicted octanol–water partition coefficient (Wildman–Crippen LogP) is 2.70. The number of ether oxygens (including phenoxy) is 1. The Balaban J connectivity index is 2.60. The lowest BCUT2D eigenvalue weighted by molar-refractivity contribution is -0.385. The lowest BCUT2D eigenvalue weighted by Gasteiger charge is -2.05. The molecular formula is C12H13NO3. The van der Waals surface area contributed by atoms with Gasteiger partial charge in [-0.3, -0.25) is 10.1 Å². The van der Waals surface area contributed by atoms with Crippen LogP contribution in [-0.2, 0) is 0 Å². The van der Waals surface area contributed by atoms with Crippen LogP contribution in [0, 0.1) is 29.4 Å². The fraction of sp³-hybridized carbons (Fsp3) is 0.333. The topological polar surface area (TPSA) is 52.4 Å². The van der Waals surface area contributed by atoms with Crippen molar-refractivity contribution < 1.29 is 9.66 Å². The molecule has 1 rings (SSSR count). The summed E-state index contributed by atoms with van der Waals surface area (Å²) in [6.45, 7) is 2.22. The number of terminal acetylenes is 1. The Morgan fingerprint density at radius 1 is 1.56 bits per heavy atom. The van der Waals surface area contributed by atoms with Gasteiger partial charge in [0, 0.05) is 18.1 Å². The molecule has 0 heterocycles. The van der Waals surface area contributed by atoms with E-state index in [1.807, 2.05) is 0 Å². The van der Waals surface area contributed by atoms with Crippen molar-refractivity contribution >= 4 is 5.69 Å². The summed E-state index contributed by atoms with van der Waals surface area (Å²) in [7, 11) is 0. The Hall–Kier alpha value is -2.02. The van der Waals surface area contributed by atoms with Crippen LogP contribution in [0.1, 0.15) is 18.4 Å². The van der Waals surface area contributed by atoms with Crippen molar-refractivity contribution in [2.24, 2.45) is 0 Å². The first kappa shape index (κ1) is 12.1. The molecule has 0 radical (unpaired) electrons. The van der Waals surface area contributed by atoms with Crippen molar-refractivity contribution in [1.82, 2.24) is 0 Å². The summed E-state index contributed by atoms with van der Waals surface area (Å²) < 4.78 is 5.41. The van der Waals surface area contributed by atoms with Crippen LogP contribution in [0.4, 0.5) is 5.69 Å². The fourth-order valence-corrected chi connectivity index (χ4v) is 1.29. The normalized spacial score (nSPS) is 9.50. The summed E-state index contributed by atoms with van der Waals surface area (Å²) in [4.78, 5) is 10.2. The smallest absolute Gasteiger partial charge is 0.272 e. The molecule has 0 fully saturated rings. The first-order chi connectivity index (χ1) is 7.65. The van der Waals surface area contributed by atoms with Gasteiger partial charge >= 0.3 is 0 Å². The van der Waals surface area contributed by atoms with Crippen LogP contribution in [0.2, 0.25) is 0 Å². The van der Waals surface area contributed by atoms with Gasteiger partial charge in [-0.1, -0.05) is 0 Å². The maximum atomic E-state index is 10.6. The summed E-state index contributed by atoms with van der Waals surface area (Å²) in [5.74, 6) is 3.16. The molecule has 4 heteroatoms. The minimum atomic E-state index is -0.405. The molecule has 0 bridgehead atoms. The fourth-order valence-electron chi connectivity index (χ4n) is 1.29. The van der Waals surface area contributed by atoms with Gasteiger partial charge in [-0.05, 0) is 25.5 Å². The second kappa shape index (κ2) is 5.76. The van der Waals surface area contributed by atoms with Crippen molar-refractivity contribution in [1.29, 1.82) is 0 Å². The lowest BCUT2D eigenvalue weighted by Crippen LogP contribution is -1.98. The summed E-state index contributed by atoms with van der Waals surface area (Å²) in [5.41, 5.74) is 0.704. The van der Waals surface area contributed by atoms with Crippen LogP contribution < -0.4 is 4.74 Å². The van der Waals surface area contributed by atoms with E-state index in [2.05, 4.69) is 5.92 Å². The summed E-state index contributed by atoms with van der Waals surface area (Å²) >= 11 is 0. The van der Waals surface area contributed by atoms with E-state index in [-0.39, 0.29) is 5.69 Å². The third-order valence-corrected chi connectivity index (χ3v) is 2.10. The van der Waals surface area contributed by atoms with Gasteiger partial charge < -0.3 is 4.74 Å². The number of benzene rings is 1. The zero-order valence-corrected chi connectivity index (χ0v) is 9.10. The SMILES string of the molecule is C#CCCCOc1ccc([N+](=O)[O-])c(C)c1. The molecule has 0 aliphatic heterocycles. The van der Waals surface area contributed by atoms with Gasteiger partial charge in [-0.2, -0.15) is 0 Å². The second-order valence-corrected chi connectivity index (χ2v) is 3.36. The molecule has 4 nitrogen and oxygen atoms in total. The molecule has 0 atom stereocenters. The second-order valence-electron chi connectivity index (χ2n) is 3.36. The number of rotatable bonds is 5. The van der Waals surface area contributed by atoms with Gasteiger partial charge in [-0.15, -0.1) is 12.3 Å². The van der Waals surface area contributed by atoms with Crippen molar-refractivity contribution in [3.63, 3.8) is 0 Å². The zero-order chi connectivity index (χ0) is 12.0. The molecule has 0 saturated carbocycles. The standard InChI is InChI=1S/C12H13NO3/c1-3-4-5-8-16-11-6-7-12(13(14)15)10(2)9-11/h1,6-7,9H,4-5,8H2,2H3. The highest BCUT2D eigenvalue weighted by molar-refractivity contribution is 5.44. The molecule has 0 spiro atoms. The van der Waals surface area contributed by atoms with E-state index in [9.17, 15) is 10.1 Å².